The minimum absolute atomic E-state index is 0.0618. The number of carboxylic acids is 1. The molecule has 5 atom stereocenters. The molecule has 0 aromatic heterocycles. The number of carbonyl (C=O) groups is 4. The summed E-state index contributed by atoms with van der Waals surface area (Å²) in [6.45, 7) is 4.57. The quantitative estimate of drug-likeness (QED) is 0.213. The molecule has 162 valence electrons. The SMILES string of the molecule is CCC(C)C(N)C(=O)NCC(=O)NC(C(=O)NC(CCSC)C(=O)O)C(C)O. The predicted molar refractivity (Wildman–Crippen MR) is 107 cm³/mol. The first-order chi connectivity index (χ1) is 13.0. The van der Waals surface area contributed by atoms with Gasteiger partial charge in [-0.2, -0.15) is 11.8 Å². The van der Waals surface area contributed by atoms with Crippen LogP contribution in [0.4, 0.5) is 0 Å². The monoisotopic (exact) mass is 420 g/mol. The van der Waals surface area contributed by atoms with E-state index in [1.165, 1.54) is 18.7 Å². The molecule has 0 heterocycles. The van der Waals surface area contributed by atoms with E-state index in [9.17, 15) is 29.4 Å². The Bertz CT molecular complexity index is 546. The van der Waals surface area contributed by atoms with Crippen molar-refractivity contribution in [1.82, 2.24) is 16.0 Å². The highest BCUT2D eigenvalue weighted by Gasteiger charge is 2.29. The molecule has 0 saturated carbocycles. The van der Waals surface area contributed by atoms with Gasteiger partial charge in [-0.25, -0.2) is 4.79 Å². The minimum atomic E-state index is -1.36. The standard InChI is InChI=1S/C17H32N4O6S/c1-5-9(2)13(18)15(24)19-8-12(23)21-14(10(3)22)16(25)20-11(17(26)27)6-7-28-4/h9-11,13-14,22H,5-8,18H2,1-4H3,(H,19,24)(H,20,25)(H,21,23)(H,26,27). The zero-order valence-corrected chi connectivity index (χ0v) is 17.5. The van der Waals surface area contributed by atoms with Crippen molar-refractivity contribution in [3.63, 3.8) is 0 Å². The highest BCUT2D eigenvalue weighted by molar-refractivity contribution is 7.98. The minimum Gasteiger partial charge on any atom is -0.480 e. The van der Waals surface area contributed by atoms with Gasteiger partial charge in [-0.3, -0.25) is 14.4 Å². The third-order valence-electron chi connectivity index (χ3n) is 4.29. The number of nitrogens with one attached hydrogen (secondary N) is 3. The van der Waals surface area contributed by atoms with Crippen LogP contribution < -0.4 is 21.7 Å². The maximum Gasteiger partial charge on any atom is 0.326 e. The van der Waals surface area contributed by atoms with E-state index in [1.54, 1.807) is 6.26 Å². The number of amides is 3. The zero-order valence-electron chi connectivity index (χ0n) is 16.7. The van der Waals surface area contributed by atoms with Gasteiger partial charge in [0.05, 0.1) is 18.7 Å². The zero-order chi connectivity index (χ0) is 21.9. The molecule has 11 heteroatoms. The molecule has 0 radical (unpaired) electrons. The van der Waals surface area contributed by atoms with Crippen LogP contribution in [0.2, 0.25) is 0 Å². The average molecular weight is 421 g/mol. The Morgan fingerprint density at radius 1 is 1.11 bits per heavy atom. The lowest BCUT2D eigenvalue weighted by molar-refractivity contribution is -0.143. The van der Waals surface area contributed by atoms with E-state index in [4.69, 9.17) is 5.73 Å². The number of aliphatic hydroxyl groups excluding tert-OH is 1. The van der Waals surface area contributed by atoms with Gasteiger partial charge in [0.1, 0.15) is 12.1 Å². The van der Waals surface area contributed by atoms with Gasteiger partial charge in [-0.05, 0) is 31.3 Å². The lowest BCUT2D eigenvalue weighted by Crippen LogP contribution is -2.57. The van der Waals surface area contributed by atoms with Gasteiger partial charge in [-0.1, -0.05) is 20.3 Å². The largest absolute Gasteiger partial charge is 0.480 e. The molecule has 0 aliphatic rings. The Hall–Kier alpha value is -1.85. The summed E-state index contributed by atoms with van der Waals surface area (Å²) in [5, 5.41) is 26.0. The van der Waals surface area contributed by atoms with Crippen LogP contribution >= 0.6 is 11.8 Å². The van der Waals surface area contributed by atoms with Gasteiger partial charge in [0, 0.05) is 0 Å². The summed E-state index contributed by atoms with van der Waals surface area (Å²) in [4.78, 5) is 47.5. The molecule has 0 fully saturated rings. The first-order valence-corrected chi connectivity index (χ1v) is 10.5. The predicted octanol–water partition coefficient (Wildman–Crippen LogP) is -1.34. The smallest absolute Gasteiger partial charge is 0.326 e. The molecule has 0 aliphatic heterocycles. The summed E-state index contributed by atoms with van der Waals surface area (Å²) < 4.78 is 0. The molecule has 0 aromatic carbocycles. The lowest BCUT2D eigenvalue weighted by atomic mass is 9.99. The molecular formula is C17H32N4O6S. The maximum atomic E-state index is 12.3. The number of nitrogens with two attached hydrogens (primary N) is 1. The third kappa shape index (κ3) is 9.38. The molecule has 10 nitrogen and oxygen atoms in total. The number of rotatable bonds is 13. The van der Waals surface area contributed by atoms with Gasteiger partial charge < -0.3 is 31.9 Å². The molecule has 7 N–H and O–H groups in total. The fourth-order valence-electron chi connectivity index (χ4n) is 2.18. The van der Waals surface area contributed by atoms with E-state index >= 15 is 0 Å². The molecule has 28 heavy (non-hydrogen) atoms. The summed E-state index contributed by atoms with van der Waals surface area (Å²) in [5.74, 6) is -2.77. The van der Waals surface area contributed by atoms with Crippen LogP contribution in [-0.2, 0) is 19.2 Å². The first kappa shape index (κ1) is 26.1. The van der Waals surface area contributed by atoms with E-state index in [0.717, 1.165) is 0 Å². The Kier molecular flexibility index (Phi) is 12.5. The summed E-state index contributed by atoms with van der Waals surface area (Å²) >= 11 is 1.43. The van der Waals surface area contributed by atoms with E-state index in [-0.39, 0.29) is 12.3 Å². The highest BCUT2D eigenvalue weighted by Crippen LogP contribution is 2.05. The fraction of sp³-hybridized carbons (Fsp3) is 0.765. The second-order valence-corrected chi connectivity index (χ2v) is 7.58. The number of carboxylic acid groups (broad SMARTS) is 1. The molecular weight excluding hydrogens is 388 g/mol. The number of hydrogen-bond acceptors (Lipinski definition) is 7. The van der Waals surface area contributed by atoms with Crippen LogP contribution in [0.1, 0.15) is 33.6 Å². The van der Waals surface area contributed by atoms with E-state index in [2.05, 4.69) is 16.0 Å². The molecule has 0 saturated heterocycles. The molecule has 0 aromatic rings. The van der Waals surface area contributed by atoms with Crippen LogP contribution in [0.5, 0.6) is 0 Å². The summed E-state index contributed by atoms with van der Waals surface area (Å²) in [7, 11) is 0. The second kappa shape index (κ2) is 13.3. The third-order valence-corrected chi connectivity index (χ3v) is 4.93. The van der Waals surface area contributed by atoms with E-state index in [1.807, 2.05) is 13.8 Å². The molecule has 5 unspecified atom stereocenters. The summed E-state index contributed by atoms with van der Waals surface area (Å²) in [5.41, 5.74) is 5.77. The van der Waals surface area contributed by atoms with Gasteiger partial charge in [0.15, 0.2) is 0 Å². The summed E-state index contributed by atoms with van der Waals surface area (Å²) in [6.07, 6.45) is 1.44. The fourth-order valence-corrected chi connectivity index (χ4v) is 2.65. The lowest BCUT2D eigenvalue weighted by Gasteiger charge is -2.23. The molecule has 3 amide bonds. The van der Waals surface area contributed by atoms with Crippen molar-refractivity contribution in [2.75, 3.05) is 18.6 Å². The highest BCUT2D eigenvalue weighted by atomic mass is 32.2. The van der Waals surface area contributed by atoms with Crippen molar-refractivity contribution in [3.8, 4) is 0 Å². The maximum absolute atomic E-state index is 12.3. The van der Waals surface area contributed by atoms with E-state index < -0.39 is 54.5 Å². The van der Waals surface area contributed by atoms with E-state index in [0.29, 0.717) is 12.2 Å². The van der Waals surface area contributed by atoms with Crippen molar-refractivity contribution in [2.24, 2.45) is 11.7 Å². The Labute approximate surface area is 169 Å². The van der Waals surface area contributed by atoms with Crippen molar-refractivity contribution in [1.29, 1.82) is 0 Å². The van der Waals surface area contributed by atoms with Crippen LogP contribution in [0.15, 0.2) is 0 Å². The number of carbonyl (C=O) groups excluding carboxylic acids is 3. The topological polar surface area (TPSA) is 171 Å². The van der Waals surface area contributed by atoms with Crippen molar-refractivity contribution < 1.29 is 29.4 Å². The van der Waals surface area contributed by atoms with Crippen molar-refractivity contribution >= 4 is 35.5 Å². The Morgan fingerprint density at radius 2 is 1.71 bits per heavy atom. The second-order valence-electron chi connectivity index (χ2n) is 6.60. The Morgan fingerprint density at radius 3 is 2.18 bits per heavy atom. The first-order valence-electron chi connectivity index (χ1n) is 9.07. The summed E-state index contributed by atoms with van der Waals surface area (Å²) in [6, 6.07) is -3.25. The van der Waals surface area contributed by atoms with Crippen molar-refractivity contribution in [2.45, 2.75) is 57.8 Å². The number of aliphatic carboxylic acids is 1. The molecule has 0 bridgehead atoms. The number of aliphatic hydroxyl groups is 1. The number of thioether (sulfide) groups is 1. The van der Waals surface area contributed by atoms with Gasteiger partial charge in [0.25, 0.3) is 0 Å². The Balaban J connectivity index is 4.79. The average Bonchev–Trinajstić information content (AvgIpc) is 2.65. The van der Waals surface area contributed by atoms with Gasteiger partial charge in [-0.15, -0.1) is 0 Å². The van der Waals surface area contributed by atoms with Gasteiger partial charge in [0.2, 0.25) is 17.7 Å². The molecule has 0 rings (SSSR count). The van der Waals surface area contributed by atoms with Crippen LogP contribution in [0.25, 0.3) is 0 Å². The normalized spacial score (nSPS) is 16.2. The number of hydrogen-bond donors (Lipinski definition) is 6. The molecule has 0 spiro atoms. The molecule has 0 aliphatic carbocycles. The van der Waals surface area contributed by atoms with Crippen LogP contribution in [-0.4, -0.2) is 76.7 Å². The van der Waals surface area contributed by atoms with Crippen LogP contribution in [0, 0.1) is 5.92 Å². The van der Waals surface area contributed by atoms with Crippen LogP contribution in [0.3, 0.4) is 0 Å². The van der Waals surface area contributed by atoms with Gasteiger partial charge >= 0.3 is 5.97 Å². The van der Waals surface area contributed by atoms with Crippen molar-refractivity contribution in [3.05, 3.63) is 0 Å².